The highest BCUT2D eigenvalue weighted by atomic mass is 19.1. The average Bonchev–Trinajstić information content (AvgIpc) is 3.28. The summed E-state index contributed by atoms with van der Waals surface area (Å²) in [5.41, 5.74) is 7.36. The first-order chi connectivity index (χ1) is 42.1. The van der Waals surface area contributed by atoms with Crippen molar-refractivity contribution in [3.63, 3.8) is 0 Å². The first-order valence-corrected chi connectivity index (χ1v) is 30.8. The zero-order valence-electron chi connectivity index (χ0n) is 54.3. The molecule has 2 unspecified atom stereocenters. The highest BCUT2D eigenvalue weighted by Crippen LogP contribution is 2.33. The Hall–Kier alpha value is -7.70. The van der Waals surface area contributed by atoms with Gasteiger partial charge in [-0.2, -0.15) is 0 Å². The summed E-state index contributed by atoms with van der Waals surface area (Å²) in [5, 5.41) is 18.9. The molecule has 0 radical (unpaired) electrons. The number of alkyl carbamates (subject to hydrolysis) is 1. The highest BCUT2D eigenvalue weighted by Gasteiger charge is 2.44. The Morgan fingerprint density at radius 2 is 1.27 bits per heavy atom. The Kier molecular flexibility index (Phi) is 29.9. The second-order valence-corrected chi connectivity index (χ2v) is 24.3. The van der Waals surface area contributed by atoms with Crippen LogP contribution in [0, 0.1) is 29.6 Å². The maximum Gasteiger partial charge on any atom is 0.408 e. The van der Waals surface area contributed by atoms with Crippen molar-refractivity contribution < 1.29 is 61.8 Å². The number of anilines is 1. The van der Waals surface area contributed by atoms with Gasteiger partial charge in [-0.05, 0) is 92.3 Å². The number of likely N-dealkylation sites (tertiary alicyclic amines) is 1. The quantitative estimate of drug-likeness (QED) is 0.0175. The lowest BCUT2D eigenvalue weighted by Gasteiger charge is -2.41. The van der Waals surface area contributed by atoms with Crippen LogP contribution in [-0.2, 0) is 49.6 Å². The van der Waals surface area contributed by atoms with E-state index in [0.29, 0.717) is 48.2 Å². The van der Waals surface area contributed by atoms with E-state index < -0.39 is 108 Å². The number of methoxy groups -OCH3 is 2. The molecule has 10 amide bonds. The van der Waals surface area contributed by atoms with E-state index in [0.717, 1.165) is 0 Å². The van der Waals surface area contributed by atoms with Gasteiger partial charge < -0.3 is 67.0 Å². The molecular formula is C65H98FN11O12. The van der Waals surface area contributed by atoms with Gasteiger partial charge in [0.2, 0.25) is 35.4 Å². The van der Waals surface area contributed by atoms with Crippen molar-refractivity contribution in [3.8, 4) is 0 Å². The fourth-order valence-electron chi connectivity index (χ4n) is 11.7. The molecule has 24 heteroatoms. The van der Waals surface area contributed by atoms with Crippen molar-refractivity contribution in [2.45, 2.75) is 168 Å². The maximum atomic E-state index is 14.9. The molecule has 12 atom stereocenters. The molecular weight excluding hydrogens is 1150 g/mol. The van der Waals surface area contributed by atoms with Gasteiger partial charge in [0, 0.05) is 40.0 Å². The number of primary amides is 1. The molecule has 1 heterocycles. The Balaban J connectivity index is 1.52. The summed E-state index contributed by atoms with van der Waals surface area (Å²) in [7, 11) is 8.42. The van der Waals surface area contributed by atoms with Gasteiger partial charge >= 0.3 is 18.3 Å². The number of carbonyl (C=O) groups excluding carboxylic acids is 9. The summed E-state index contributed by atoms with van der Waals surface area (Å²) >= 11 is 0. The Bertz CT molecular complexity index is 2770. The van der Waals surface area contributed by atoms with Crippen molar-refractivity contribution >= 4 is 59.4 Å². The summed E-state index contributed by atoms with van der Waals surface area (Å²) in [6.07, 6.45) is -2.12. The van der Waals surface area contributed by atoms with Crippen LogP contribution in [0.1, 0.15) is 130 Å². The lowest BCUT2D eigenvalue weighted by molar-refractivity contribution is -0.148. The number of likely N-dealkylation sites (N-methyl/N-ethyl adjacent to an activating group) is 2. The van der Waals surface area contributed by atoms with Crippen LogP contribution < -0.4 is 43.0 Å². The van der Waals surface area contributed by atoms with E-state index in [1.807, 2.05) is 127 Å². The van der Waals surface area contributed by atoms with Crippen LogP contribution in [0.15, 0.2) is 84.9 Å². The summed E-state index contributed by atoms with van der Waals surface area (Å²) in [4.78, 5) is 126. The molecule has 0 bridgehead atoms. The van der Waals surface area contributed by atoms with Gasteiger partial charge in [-0.25, -0.2) is 14.4 Å². The fourth-order valence-corrected chi connectivity index (χ4v) is 11.7. The number of benzene rings is 3. The number of hydrogen-bond donors (Lipinski definition) is 8. The molecule has 0 aromatic heterocycles. The standard InChI is InChI=1S/C65H98FN11O12/c1-15-41(8)56(76(12)62(83)52(39(4)5)71-61(82)55(40(6)7)75(10)11)49(87-13)36-50(78)77-35-23-29-48(77)57(88-14)42(9)58(79)72-53(44-24-18-16-19-25-44)54(45-26-20-17-21-27-45)74-65(86)89-37-43-30-32-46(33-31-43)69-59(80)47(28-22-34-68-64(67)85)70-60(81)51(38(2)3)73-63(66)84/h16-21,24-27,30-33,38-42,47-49,51-57H,15,22-23,28-29,34-37H2,1-14H3,(H,69,80)(H,70,81)(H,71,82)(H,72,79)(H,73,84)(H,74,86)(H3,67,68,85)/t41-,42+,47+,48-,49+,51+,52-,53-,54?,55-,56?,57+/m1/s1. The Morgan fingerprint density at radius 1 is 0.685 bits per heavy atom. The number of urea groups is 1. The van der Waals surface area contributed by atoms with E-state index >= 15 is 0 Å². The third kappa shape index (κ3) is 21.8. The maximum absolute atomic E-state index is 14.9. The van der Waals surface area contributed by atoms with E-state index in [-0.39, 0.29) is 67.9 Å². The molecule has 89 heavy (non-hydrogen) atoms. The fraction of sp³-hybridized carbons (Fsp3) is 0.585. The molecule has 0 spiro atoms. The van der Waals surface area contributed by atoms with Gasteiger partial charge in [-0.15, -0.1) is 4.39 Å². The molecule has 1 aliphatic rings. The minimum absolute atomic E-state index is 0.00641. The number of ether oxygens (including phenoxy) is 3. The molecule has 4 rings (SSSR count). The van der Waals surface area contributed by atoms with Gasteiger partial charge in [0.25, 0.3) is 0 Å². The van der Waals surface area contributed by atoms with Crippen molar-refractivity contribution in [2.24, 2.45) is 35.3 Å². The molecule has 1 saturated heterocycles. The van der Waals surface area contributed by atoms with Crippen LogP contribution in [0.4, 0.5) is 24.5 Å². The number of nitrogens with two attached hydrogens (primary N) is 1. The molecule has 3 aromatic carbocycles. The molecule has 9 N–H and O–H groups in total. The molecule has 3 aromatic rings. The van der Waals surface area contributed by atoms with Crippen LogP contribution in [-0.4, -0.2) is 165 Å². The minimum Gasteiger partial charge on any atom is -0.445 e. The largest absolute Gasteiger partial charge is 0.445 e. The third-order valence-corrected chi connectivity index (χ3v) is 16.6. The number of nitrogens with one attached hydrogen (secondary N) is 7. The monoisotopic (exact) mass is 1240 g/mol. The number of halogens is 1. The van der Waals surface area contributed by atoms with Gasteiger partial charge in [0.15, 0.2) is 0 Å². The third-order valence-electron chi connectivity index (χ3n) is 16.6. The normalized spacial score (nSPS) is 16.9. The minimum atomic E-state index is -1.90. The first kappa shape index (κ1) is 73.8. The van der Waals surface area contributed by atoms with Crippen molar-refractivity contribution in [3.05, 3.63) is 102 Å². The van der Waals surface area contributed by atoms with Crippen molar-refractivity contribution in [2.75, 3.05) is 53.8 Å². The van der Waals surface area contributed by atoms with E-state index in [2.05, 4.69) is 31.9 Å². The number of hydrogen-bond acceptors (Lipinski definition) is 13. The zero-order chi connectivity index (χ0) is 66.2. The predicted octanol–water partition coefficient (Wildman–Crippen LogP) is 6.73. The predicted molar refractivity (Wildman–Crippen MR) is 337 cm³/mol. The molecule has 23 nitrogen and oxygen atoms in total. The van der Waals surface area contributed by atoms with Crippen LogP contribution in [0.25, 0.3) is 0 Å². The average molecular weight is 1240 g/mol. The summed E-state index contributed by atoms with van der Waals surface area (Å²) in [6.45, 7) is 17.0. The van der Waals surface area contributed by atoms with Crippen LogP contribution in [0.3, 0.4) is 0 Å². The van der Waals surface area contributed by atoms with Crippen LogP contribution in [0.2, 0.25) is 0 Å². The second-order valence-electron chi connectivity index (χ2n) is 24.3. The van der Waals surface area contributed by atoms with E-state index in [1.54, 1.807) is 61.9 Å². The molecule has 492 valence electrons. The van der Waals surface area contributed by atoms with Crippen molar-refractivity contribution in [1.82, 2.24) is 46.6 Å². The van der Waals surface area contributed by atoms with E-state index in [9.17, 15) is 47.5 Å². The lowest BCUT2D eigenvalue weighted by atomic mass is 9.89. The molecule has 1 aliphatic heterocycles. The lowest BCUT2D eigenvalue weighted by Crippen LogP contribution is -2.59. The number of amides is 10. The van der Waals surface area contributed by atoms with Crippen LogP contribution in [0.5, 0.6) is 0 Å². The van der Waals surface area contributed by atoms with Crippen LogP contribution >= 0.6 is 0 Å². The van der Waals surface area contributed by atoms with Gasteiger partial charge in [-0.1, -0.05) is 142 Å². The van der Waals surface area contributed by atoms with Crippen molar-refractivity contribution in [1.29, 1.82) is 0 Å². The molecule has 0 saturated carbocycles. The summed E-state index contributed by atoms with van der Waals surface area (Å²) in [5.74, 6) is -4.28. The Labute approximate surface area is 524 Å². The van der Waals surface area contributed by atoms with E-state index in [4.69, 9.17) is 19.9 Å². The van der Waals surface area contributed by atoms with E-state index in [1.165, 1.54) is 14.2 Å². The SMILES string of the molecule is CC[C@@H](C)C([C@H](CC(=O)N1CCC[C@@H]1[C@@H](OC)[C@H](C)C(=O)N[C@H](c1ccccc1)C(NC(=O)OCc1ccc(NC(=O)[C@H](CCCNC(N)=O)NC(=O)[C@@H](NC(=O)F)C(C)C)cc1)c1ccccc1)OC)N(C)C(=O)[C@H](NC(=O)[C@@H](C(C)C)N(C)C)C(C)C. The smallest absolute Gasteiger partial charge is 0.408 e. The topological polar surface area (TPSA) is 301 Å². The number of rotatable bonds is 34. The van der Waals surface area contributed by atoms with Gasteiger partial charge in [-0.3, -0.25) is 33.7 Å². The molecule has 0 aliphatic carbocycles. The second kappa shape index (κ2) is 36.1. The summed E-state index contributed by atoms with van der Waals surface area (Å²) in [6, 6.07) is 17.4. The highest BCUT2D eigenvalue weighted by molar-refractivity contribution is 5.98. The Morgan fingerprint density at radius 3 is 1.78 bits per heavy atom. The van der Waals surface area contributed by atoms with Gasteiger partial charge in [0.05, 0.1) is 54.8 Å². The zero-order valence-corrected chi connectivity index (χ0v) is 54.3. The number of nitrogens with zero attached hydrogens (tertiary/aromatic N) is 3. The molecule has 1 fully saturated rings. The summed E-state index contributed by atoms with van der Waals surface area (Å²) < 4.78 is 31.4. The number of carbonyl (C=O) groups is 9. The van der Waals surface area contributed by atoms with Gasteiger partial charge in [0.1, 0.15) is 24.7 Å². The first-order valence-electron chi connectivity index (χ1n) is 30.8.